The van der Waals surface area contributed by atoms with E-state index in [0.717, 1.165) is 34.6 Å². The molecule has 0 saturated carbocycles. The fraction of sp³-hybridized carbons (Fsp3) is 0.333. The molecular weight excluding hydrogens is 504 g/mol. The first-order valence-electron chi connectivity index (χ1n) is 13.8. The monoisotopic (exact) mass is 540 g/mol. The average Bonchev–Trinajstić information content (AvgIpc) is 3.11. The predicted octanol–water partition coefficient (Wildman–Crippen LogP) is 6.80. The van der Waals surface area contributed by atoms with Gasteiger partial charge in [0.1, 0.15) is 5.75 Å². The lowest BCUT2D eigenvalue weighted by Gasteiger charge is -2.35. The largest absolute Gasteiger partial charge is 0.493 e. The molecule has 1 heterocycles. The molecule has 3 aromatic rings. The van der Waals surface area contributed by atoms with Crippen LogP contribution in [0.25, 0.3) is 0 Å². The maximum atomic E-state index is 14.2. The number of anilines is 2. The van der Waals surface area contributed by atoms with E-state index in [4.69, 9.17) is 14.2 Å². The third-order valence-electron chi connectivity index (χ3n) is 7.82. The summed E-state index contributed by atoms with van der Waals surface area (Å²) < 4.78 is 17.3. The van der Waals surface area contributed by atoms with Crippen LogP contribution in [0.3, 0.4) is 0 Å². The van der Waals surface area contributed by atoms with Crippen LogP contribution in [0.4, 0.5) is 11.4 Å². The van der Waals surface area contributed by atoms with Gasteiger partial charge >= 0.3 is 0 Å². The summed E-state index contributed by atoms with van der Waals surface area (Å²) in [6.45, 7) is 5.64. The van der Waals surface area contributed by atoms with E-state index in [-0.39, 0.29) is 23.7 Å². The number of methoxy groups -OCH3 is 2. The van der Waals surface area contributed by atoms with E-state index >= 15 is 0 Å². The fourth-order valence-electron chi connectivity index (χ4n) is 5.69. The molecule has 40 heavy (non-hydrogen) atoms. The van der Waals surface area contributed by atoms with Crippen molar-refractivity contribution in [3.63, 3.8) is 0 Å². The number of carbonyl (C=O) groups is 2. The first-order chi connectivity index (χ1) is 19.4. The number of ether oxygens (including phenoxy) is 3. The lowest BCUT2D eigenvalue weighted by molar-refractivity contribution is -0.117. The van der Waals surface area contributed by atoms with Crippen LogP contribution in [0.5, 0.6) is 17.2 Å². The van der Waals surface area contributed by atoms with E-state index in [2.05, 4.69) is 12.2 Å². The van der Waals surface area contributed by atoms with Gasteiger partial charge in [0.05, 0.1) is 37.7 Å². The van der Waals surface area contributed by atoms with E-state index in [1.807, 2.05) is 73.7 Å². The lowest BCUT2D eigenvalue weighted by atomic mass is 9.78. The number of ketones is 1. The minimum absolute atomic E-state index is 0.00376. The highest BCUT2D eigenvalue weighted by molar-refractivity contribution is 6.06. The number of nitrogens with one attached hydrogen (secondary N) is 1. The molecular formula is C33H36N2O5. The lowest BCUT2D eigenvalue weighted by Crippen LogP contribution is -2.37. The van der Waals surface area contributed by atoms with Crippen molar-refractivity contribution in [3.8, 4) is 17.2 Å². The van der Waals surface area contributed by atoms with Gasteiger partial charge in [-0.1, -0.05) is 43.3 Å². The third kappa shape index (κ3) is 5.04. The molecule has 1 aliphatic carbocycles. The number of para-hydroxylation sites is 3. The summed E-state index contributed by atoms with van der Waals surface area (Å²) in [6, 6.07) is 20.6. The molecule has 7 nitrogen and oxygen atoms in total. The Hall–Kier alpha value is -4.26. The van der Waals surface area contributed by atoms with Gasteiger partial charge in [-0.3, -0.25) is 14.5 Å². The van der Waals surface area contributed by atoms with Gasteiger partial charge < -0.3 is 19.5 Å². The van der Waals surface area contributed by atoms with Crippen LogP contribution in [0.15, 0.2) is 78.0 Å². The molecule has 1 N–H and O–H groups in total. The average molecular weight is 541 g/mol. The van der Waals surface area contributed by atoms with E-state index < -0.39 is 6.04 Å². The molecule has 0 spiro atoms. The minimum atomic E-state index is -0.636. The van der Waals surface area contributed by atoms with Gasteiger partial charge in [-0.15, -0.1) is 0 Å². The topological polar surface area (TPSA) is 77.1 Å². The molecule has 208 valence electrons. The standard InChI is InChI=1S/C33H36N2O5/c1-6-20(2)40-29-14-10-7-11-24(29)33-32-26(34-25-12-8-9-13-27(25)35(33)21(3)36)17-23(18-28(32)37)22-15-16-30(38-4)31(19-22)39-5/h7-16,19-20,23,33-34H,6,17-18H2,1-5H3/t20-,23-,33+/m0/s1. The Kier molecular flexibility index (Phi) is 7.83. The number of Topliss-reactive ketones (excluding diaryl/α,β-unsaturated/α-hetero) is 1. The number of benzene rings is 3. The normalized spacial score (nSPS) is 19.1. The predicted molar refractivity (Wildman–Crippen MR) is 156 cm³/mol. The molecule has 2 aliphatic rings. The van der Waals surface area contributed by atoms with E-state index in [1.54, 1.807) is 26.0 Å². The summed E-state index contributed by atoms with van der Waals surface area (Å²) >= 11 is 0. The molecule has 3 atom stereocenters. The van der Waals surface area contributed by atoms with Crippen molar-refractivity contribution in [1.82, 2.24) is 0 Å². The Bertz CT molecular complexity index is 1460. The number of fused-ring (bicyclic) bond motifs is 1. The summed E-state index contributed by atoms with van der Waals surface area (Å²) in [5.74, 6) is 1.72. The molecule has 3 aromatic carbocycles. The highest BCUT2D eigenvalue weighted by atomic mass is 16.5. The van der Waals surface area contributed by atoms with Gasteiger partial charge in [0.25, 0.3) is 0 Å². The van der Waals surface area contributed by atoms with Crippen molar-refractivity contribution in [2.45, 2.75) is 58.1 Å². The smallest absolute Gasteiger partial charge is 0.224 e. The van der Waals surface area contributed by atoms with Crippen LogP contribution in [-0.2, 0) is 9.59 Å². The van der Waals surface area contributed by atoms with Crippen LogP contribution >= 0.6 is 0 Å². The Morgan fingerprint density at radius 1 is 0.975 bits per heavy atom. The zero-order chi connectivity index (χ0) is 28.4. The first-order valence-corrected chi connectivity index (χ1v) is 13.8. The van der Waals surface area contributed by atoms with Crippen LogP contribution in [0, 0.1) is 0 Å². The molecule has 0 fully saturated rings. The first kappa shape index (κ1) is 27.3. The van der Waals surface area contributed by atoms with Crippen LogP contribution in [0.1, 0.15) is 63.1 Å². The van der Waals surface area contributed by atoms with Crippen molar-refractivity contribution >= 4 is 23.1 Å². The number of carbonyl (C=O) groups excluding carboxylic acids is 2. The second-order valence-corrected chi connectivity index (χ2v) is 10.3. The highest BCUT2D eigenvalue weighted by Crippen LogP contribution is 2.49. The molecule has 0 bridgehead atoms. The molecule has 0 aromatic heterocycles. The van der Waals surface area contributed by atoms with E-state index in [1.165, 1.54) is 0 Å². The molecule has 1 amide bonds. The number of amides is 1. The summed E-state index contributed by atoms with van der Waals surface area (Å²) in [7, 11) is 3.22. The summed E-state index contributed by atoms with van der Waals surface area (Å²) in [4.78, 5) is 29.3. The van der Waals surface area contributed by atoms with Gasteiger partial charge in [0, 0.05) is 30.2 Å². The van der Waals surface area contributed by atoms with Crippen LogP contribution in [0.2, 0.25) is 0 Å². The van der Waals surface area contributed by atoms with Gasteiger partial charge in [-0.05, 0) is 61.6 Å². The Morgan fingerprint density at radius 2 is 1.70 bits per heavy atom. The molecule has 7 heteroatoms. The van der Waals surface area contributed by atoms with Crippen molar-refractivity contribution in [3.05, 3.63) is 89.1 Å². The van der Waals surface area contributed by atoms with Crippen LogP contribution < -0.4 is 24.4 Å². The van der Waals surface area contributed by atoms with Crippen molar-refractivity contribution in [1.29, 1.82) is 0 Å². The van der Waals surface area contributed by atoms with Crippen molar-refractivity contribution in [2.75, 3.05) is 24.4 Å². The number of hydrogen-bond acceptors (Lipinski definition) is 6. The summed E-state index contributed by atoms with van der Waals surface area (Å²) in [5.41, 5.74) is 4.72. The molecule has 0 unspecified atom stereocenters. The molecule has 1 aliphatic heterocycles. The summed E-state index contributed by atoms with van der Waals surface area (Å²) in [6.07, 6.45) is 1.72. The zero-order valence-corrected chi connectivity index (χ0v) is 23.7. The quantitative estimate of drug-likeness (QED) is 0.355. The summed E-state index contributed by atoms with van der Waals surface area (Å²) in [5, 5.41) is 3.57. The minimum Gasteiger partial charge on any atom is -0.493 e. The van der Waals surface area contributed by atoms with Gasteiger partial charge in [0.2, 0.25) is 5.91 Å². The second-order valence-electron chi connectivity index (χ2n) is 10.3. The number of rotatable bonds is 7. The second kappa shape index (κ2) is 11.5. The molecule has 0 radical (unpaired) electrons. The van der Waals surface area contributed by atoms with Gasteiger partial charge in [-0.2, -0.15) is 0 Å². The van der Waals surface area contributed by atoms with Gasteiger partial charge in [-0.25, -0.2) is 0 Å². The van der Waals surface area contributed by atoms with E-state index in [9.17, 15) is 9.59 Å². The Balaban J connectivity index is 1.68. The Labute approximate surface area is 235 Å². The maximum Gasteiger partial charge on any atom is 0.224 e. The fourth-order valence-corrected chi connectivity index (χ4v) is 5.69. The van der Waals surface area contributed by atoms with Crippen LogP contribution in [-0.4, -0.2) is 32.0 Å². The maximum absolute atomic E-state index is 14.2. The SMILES string of the molecule is CC[C@H](C)Oc1ccccc1[C@@H]1C2=C(C[C@H](c3ccc(OC)c(OC)c3)CC2=O)Nc2ccccc2N1C(C)=O. The Morgan fingerprint density at radius 3 is 2.42 bits per heavy atom. The number of hydrogen-bond donors (Lipinski definition) is 1. The van der Waals surface area contributed by atoms with Gasteiger partial charge in [0.15, 0.2) is 17.3 Å². The number of allylic oxidation sites excluding steroid dienone is 1. The number of nitrogens with zero attached hydrogens (tertiary/aromatic N) is 1. The van der Waals surface area contributed by atoms with E-state index in [0.29, 0.717) is 35.7 Å². The highest BCUT2D eigenvalue weighted by Gasteiger charge is 2.42. The van der Waals surface area contributed by atoms with Crippen molar-refractivity contribution < 1.29 is 23.8 Å². The third-order valence-corrected chi connectivity index (χ3v) is 7.82. The molecule has 0 saturated heterocycles. The zero-order valence-electron chi connectivity index (χ0n) is 23.7. The van der Waals surface area contributed by atoms with Crippen molar-refractivity contribution in [2.24, 2.45) is 0 Å². The molecule has 5 rings (SSSR count).